The molecule has 0 N–H and O–H groups in total. The van der Waals surface area contributed by atoms with Gasteiger partial charge in [0.15, 0.2) is 0 Å². The molecule has 0 aliphatic carbocycles. The van der Waals surface area contributed by atoms with Gasteiger partial charge in [0, 0.05) is 19.4 Å². The Kier molecular flexibility index (Phi) is 6.20. The van der Waals surface area contributed by atoms with Crippen LogP contribution in [0, 0.1) is 0 Å². The van der Waals surface area contributed by atoms with E-state index in [-0.39, 0.29) is 5.60 Å². The maximum Gasteiger partial charge on any atom is 0.537 e. The molecule has 0 spiro atoms. The highest BCUT2D eigenvalue weighted by Crippen LogP contribution is 2.29. The van der Waals surface area contributed by atoms with Crippen LogP contribution in [0.15, 0.2) is 30.3 Å². The van der Waals surface area contributed by atoms with Crippen molar-refractivity contribution in [3.63, 3.8) is 0 Å². The van der Waals surface area contributed by atoms with Crippen molar-refractivity contribution in [1.82, 2.24) is 0 Å². The van der Waals surface area contributed by atoms with Crippen LogP contribution in [0.3, 0.4) is 0 Å². The molecule has 19 heavy (non-hydrogen) atoms. The summed E-state index contributed by atoms with van der Waals surface area (Å²) in [5.41, 5.74) is -0.173. The summed E-state index contributed by atoms with van der Waals surface area (Å²) in [6.07, 6.45) is 2.86. The van der Waals surface area contributed by atoms with E-state index >= 15 is 0 Å². The summed E-state index contributed by atoms with van der Waals surface area (Å²) >= 11 is 0. The molecule has 0 saturated heterocycles. The molecule has 0 radical (unpaired) electrons. The molecule has 0 amide bonds. The fraction of sp³-hybridized carbons (Fsp3) is 0.600. The van der Waals surface area contributed by atoms with Crippen LogP contribution in [0.25, 0.3) is 0 Å². The summed E-state index contributed by atoms with van der Waals surface area (Å²) in [6, 6.07) is 10.0. The van der Waals surface area contributed by atoms with Gasteiger partial charge in [0.25, 0.3) is 0 Å². The molecular formula is C15H26O3Si. The van der Waals surface area contributed by atoms with Crippen molar-refractivity contribution in [2.45, 2.75) is 45.6 Å². The van der Waals surface area contributed by atoms with E-state index in [1.54, 1.807) is 14.2 Å². The van der Waals surface area contributed by atoms with Crippen LogP contribution < -0.4 is 5.19 Å². The van der Waals surface area contributed by atoms with Gasteiger partial charge in [0.2, 0.25) is 0 Å². The molecule has 0 bridgehead atoms. The van der Waals surface area contributed by atoms with Gasteiger partial charge in [-0.15, -0.1) is 0 Å². The zero-order valence-corrected chi connectivity index (χ0v) is 13.7. The second-order valence-electron chi connectivity index (χ2n) is 4.68. The summed E-state index contributed by atoms with van der Waals surface area (Å²) in [5.74, 6) is 0. The lowest BCUT2D eigenvalue weighted by Gasteiger charge is -2.39. The molecule has 1 aromatic carbocycles. The summed E-state index contributed by atoms with van der Waals surface area (Å²) in [5, 5.41) is 1.01. The van der Waals surface area contributed by atoms with E-state index in [4.69, 9.17) is 13.3 Å². The zero-order valence-electron chi connectivity index (χ0n) is 12.7. The van der Waals surface area contributed by atoms with Crippen LogP contribution in [-0.2, 0) is 13.3 Å². The lowest BCUT2D eigenvalue weighted by Crippen LogP contribution is -2.60. The van der Waals surface area contributed by atoms with Crippen molar-refractivity contribution in [2.24, 2.45) is 0 Å². The van der Waals surface area contributed by atoms with E-state index in [1.807, 2.05) is 30.3 Å². The van der Waals surface area contributed by atoms with Crippen molar-refractivity contribution in [3.05, 3.63) is 30.3 Å². The Hall–Kier alpha value is -0.683. The Morgan fingerprint density at radius 3 is 1.74 bits per heavy atom. The first-order valence-electron chi connectivity index (χ1n) is 6.98. The lowest BCUT2D eigenvalue weighted by atomic mass is 9.95. The SMILES string of the molecule is CCC(CC)(CC)O[Si](OC)(OC)c1ccccc1. The van der Waals surface area contributed by atoms with E-state index in [0.717, 1.165) is 24.4 Å². The maximum absolute atomic E-state index is 6.45. The van der Waals surface area contributed by atoms with Crippen LogP contribution >= 0.6 is 0 Å². The van der Waals surface area contributed by atoms with E-state index < -0.39 is 8.80 Å². The minimum absolute atomic E-state index is 0.173. The number of hydrogen-bond donors (Lipinski definition) is 0. The molecule has 1 aromatic rings. The van der Waals surface area contributed by atoms with Crippen molar-refractivity contribution in [1.29, 1.82) is 0 Å². The van der Waals surface area contributed by atoms with Gasteiger partial charge in [-0.05, 0) is 19.3 Å². The molecule has 0 fully saturated rings. The minimum atomic E-state index is -2.82. The zero-order chi connectivity index (χ0) is 14.4. The van der Waals surface area contributed by atoms with Gasteiger partial charge in [0.1, 0.15) is 0 Å². The number of benzene rings is 1. The highest BCUT2D eigenvalue weighted by molar-refractivity contribution is 6.75. The van der Waals surface area contributed by atoms with Crippen LogP contribution in [0.1, 0.15) is 40.0 Å². The Labute approximate surface area is 118 Å². The van der Waals surface area contributed by atoms with Gasteiger partial charge in [-0.25, -0.2) is 0 Å². The molecule has 1 rings (SSSR count). The first-order valence-corrected chi connectivity index (χ1v) is 8.70. The molecule has 0 unspecified atom stereocenters. The van der Waals surface area contributed by atoms with Crippen LogP contribution in [-0.4, -0.2) is 28.6 Å². The monoisotopic (exact) mass is 282 g/mol. The molecule has 0 saturated carbocycles. The molecule has 3 nitrogen and oxygen atoms in total. The third-order valence-electron chi connectivity index (χ3n) is 3.95. The highest BCUT2D eigenvalue weighted by Gasteiger charge is 2.47. The largest absolute Gasteiger partial charge is 0.537 e. The first-order chi connectivity index (χ1) is 9.12. The molecule has 0 heterocycles. The number of rotatable bonds is 8. The Bertz CT molecular complexity index is 351. The molecule has 0 aliphatic rings. The van der Waals surface area contributed by atoms with Gasteiger partial charge in [-0.3, -0.25) is 0 Å². The highest BCUT2D eigenvalue weighted by atomic mass is 28.4. The summed E-state index contributed by atoms with van der Waals surface area (Å²) in [7, 11) is 0.532. The summed E-state index contributed by atoms with van der Waals surface area (Å²) in [6.45, 7) is 6.47. The fourth-order valence-electron chi connectivity index (χ4n) is 2.36. The average Bonchev–Trinajstić information content (AvgIpc) is 2.51. The summed E-state index contributed by atoms with van der Waals surface area (Å²) in [4.78, 5) is 0. The van der Waals surface area contributed by atoms with Crippen molar-refractivity contribution < 1.29 is 13.3 Å². The molecule has 108 valence electrons. The molecule has 0 aromatic heterocycles. The van der Waals surface area contributed by atoms with E-state index in [2.05, 4.69) is 20.8 Å². The topological polar surface area (TPSA) is 27.7 Å². The van der Waals surface area contributed by atoms with Crippen LogP contribution in [0.2, 0.25) is 0 Å². The summed E-state index contributed by atoms with van der Waals surface area (Å²) < 4.78 is 17.9. The quantitative estimate of drug-likeness (QED) is 0.686. The minimum Gasteiger partial charge on any atom is -0.373 e. The Balaban J connectivity index is 3.13. The van der Waals surface area contributed by atoms with Gasteiger partial charge < -0.3 is 13.3 Å². The van der Waals surface area contributed by atoms with E-state index in [0.29, 0.717) is 0 Å². The van der Waals surface area contributed by atoms with Crippen LogP contribution in [0.5, 0.6) is 0 Å². The first kappa shape index (κ1) is 16.4. The molecular weight excluding hydrogens is 256 g/mol. The normalized spacial score (nSPS) is 12.7. The van der Waals surface area contributed by atoms with Crippen molar-refractivity contribution in [3.8, 4) is 0 Å². The predicted molar refractivity (Wildman–Crippen MR) is 80.5 cm³/mol. The number of hydrogen-bond acceptors (Lipinski definition) is 3. The average molecular weight is 282 g/mol. The van der Waals surface area contributed by atoms with Gasteiger partial charge >= 0.3 is 8.80 Å². The molecule has 0 atom stereocenters. The second-order valence-corrected chi connectivity index (χ2v) is 7.39. The van der Waals surface area contributed by atoms with Gasteiger partial charge in [-0.1, -0.05) is 51.1 Å². The van der Waals surface area contributed by atoms with E-state index in [1.165, 1.54) is 0 Å². The standard InChI is InChI=1S/C15H26O3Si/c1-6-15(7-2,8-3)18-19(16-4,17-5)14-12-10-9-11-13-14/h9-13H,6-8H2,1-5H3. The van der Waals surface area contributed by atoms with Crippen LogP contribution in [0.4, 0.5) is 0 Å². The van der Waals surface area contributed by atoms with Crippen molar-refractivity contribution >= 4 is 14.0 Å². The van der Waals surface area contributed by atoms with E-state index in [9.17, 15) is 0 Å². The smallest absolute Gasteiger partial charge is 0.373 e. The lowest BCUT2D eigenvalue weighted by molar-refractivity contribution is -0.0172. The Morgan fingerprint density at radius 1 is 0.895 bits per heavy atom. The maximum atomic E-state index is 6.45. The third kappa shape index (κ3) is 3.45. The molecule has 0 aliphatic heterocycles. The second kappa shape index (κ2) is 7.19. The Morgan fingerprint density at radius 2 is 1.37 bits per heavy atom. The van der Waals surface area contributed by atoms with Gasteiger partial charge in [0.05, 0.1) is 5.60 Å². The third-order valence-corrected chi connectivity index (χ3v) is 6.77. The predicted octanol–water partition coefficient (Wildman–Crippen LogP) is 3.11. The fourth-order valence-corrected chi connectivity index (χ4v) is 4.88. The molecule has 4 heteroatoms. The van der Waals surface area contributed by atoms with Crippen molar-refractivity contribution in [2.75, 3.05) is 14.2 Å². The van der Waals surface area contributed by atoms with Gasteiger partial charge in [-0.2, -0.15) is 0 Å².